The number of fused-ring (bicyclic) bond motifs is 3. The molecule has 17 heavy (non-hydrogen) atoms. The van der Waals surface area contributed by atoms with Gasteiger partial charge in [0, 0.05) is 17.3 Å². The highest BCUT2D eigenvalue weighted by Gasteiger charge is 2.17. The maximum absolute atomic E-state index is 4.71. The van der Waals surface area contributed by atoms with E-state index in [2.05, 4.69) is 29.4 Å². The van der Waals surface area contributed by atoms with Crippen LogP contribution < -0.4 is 5.32 Å². The van der Waals surface area contributed by atoms with E-state index in [4.69, 9.17) is 4.98 Å². The van der Waals surface area contributed by atoms with Crippen LogP contribution in [0.4, 0.5) is 5.69 Å². The number of aryl methyl sites for hydroxylation is 3. The number of aromatic nitrogens is 2. The summed E-state index contributed by atoms with van der Waals surface area (Å²) in [5.41, 5.74) is 6.71. The van der Waals surface area contributed by atoms with E-state index in [1.165, 1.54) is 17.7 Å². The van der Waals surface area contributed by atoms with E-state index in [0.29, 0.717) is 6.04 Å². The van der Waals surface area contributed by atoms with Crippen molar-refractivity contribution < 1.29 is 0 Å². The van der Waals surface area contributed by atoms with Crippen molar-refractivity contribution in [3.05, 3.63) is 29.1 Å². The Morgan fingerprint density at radius 2 is 1.94 bits per heavy atom. The smallest absolute Gasteiger partial charge is 0.0942 e. The van der Waals surface area contributed by atoms with Gasteiger partial charge >= 0.3 is 0 Å². The molecular weight excluding hydrogens is 210 g/mol. The van der Waals surface area contributed by atoms with Crippen molar-refractivity contribution in [2.75, 3.05) is 5.32 Å². The predicted molar refractivity (Wildman–Crippen MR) is 70.4 cm³/mol. The van der Waals surface area contributed by atoms with E-state index < -0.39 is 0 Å². The highest BCUT2D eigenvalue weighted by molar-refractivity contribution is 5.84. The Balaban J connectivity index is 2.27. The second kappa shape index (κ2) is 3.69. The molecule has 0 spiro atoms. The van der Waals surface area contributed by atoms with Crippen molar-refractivity contribution in [3.63, 3.8) is 0 Å². The first-order valence-electron chi connectivity index (χ1n) is 6.18. The van der Waals surface area contributed by atoms with Crippen LogP contribution in [-0.4, -0.2) is 16.0 Å². The summed E-state index contributed by atoms with van der Waals surface area (Å²) in [6.45, 7) is 6.26. The molecule has 1 aromatic heterocycles. The van der Waals surface area contributed by atoms with Gasteiger partial charge in [0.05, 0.1) is 22.4 Å². The standard InChI is InChI=1S/C14H17N3/c1-8-4-5-11-12(15-8)6-7-13-14(11)17-10(3)9(2)16-13/h6-8,15H,4-5H2,1-3H3. The van der Waals surface area contributed by atoms with Crippen LogP contribution in [0.15, 0.2) is 12.1 Å². The largest absolute Gasteiger partial charge is 0.382 e. The van der Waals surface area contributed by atoms with E-state index in [-0.39, 0.29) is 0 Å². The van der Waals surface area contributed by atoms with Crippen LogP contribution in [0, 0.1) is 13.8 Å². The Morgan fingerprint density at radius 1 is 1.18 bits per heavy atom. The normalized spacial score (nSPS) is 18.9. The molecule has 2 aromatic rings. The van der Waals surface area contributed by atoms with Gasteiger partial charge < -0.3 is 5.32 Å². The third kappa shape index (κ3) is 1.66. The van der Waals surface area contributed by atoms with Crippen molar-refractivity contribution >= 4 is 16.7 Å². The van der Waals surface area contributed by atoms with Gasteiger partial charge in [-0.25, -0.2) is 9.97 Å². The lowest BCUT2D eigenvalue weighted by atomic mass is 9.97. The van der Waals surface area contributed by atoms with Gasteiger partial charge in [0.2, 0.25) is 0 Å². The van der Waals surface area contributed by atoms with Gasteiger partial charge in [0.1, 0.15) is 0 Å². The molecule has 0 aliphatic carbocycles. The third-order valence-corrected chi connectivity index (χ3v) is 3.58. The molecule has 3 heteroatoms. The van der Waals surface area contributed by atoms with E-state index in [1.807, 2.05) is 13.8 Å². The van der Waals surface area contributed by atoms with Crippen LogP contribution in [0.3, 0.4) is 0 Å². The summed E-state index contributed by atoms with van der Waals surface area (Å²) in [5, 5.41) is 3.52. The van der Waals surface area contributed by atoms with E-state index in [9.17, 15) is 0 Å². The Labute approximate surface area is 101 Å². The zero-order valence-electron chi connectivity index (χ0n) is 10.5. The summed E-state index contributed by atoms with van der Waals surface area (Å²) in [7, 11) is 0. The van der Waals surface area contributed by atoms with Crippen molar-refractivity contribution in [2.24, 2.45) is 0 Å². The summed E-state index contributed by atoms with van der Waals surface area (Å²) in [6, 6.07) is 4.76. The van der Waals surface area contributed by atoms with Gasteiger partial charge in [-0.05, 0) is 45.7 Å². The van der Waals surface area contributed by atoms with Crippen LogP contribution in [0.1, 0.15) is 30.3 Å². The molecule has 1 aliphatic rings. The number of hydrogen-bond donors (Lipinski definition) is 1. The predicted octanol–water partition coefficient (Wildman–Crippen LogP) is 2.99. The van der Waals surface area contributed by atoms with Crippen LogP contribution in [0.25, 0.3) is 11.0 Å². The minimum absolute atomic E-state index is 0.555. The van der Waals surface area contributed by atoms with Crippen LogP contribution >= 0.6 is 0 Å². The average Bonchev–Trinajstić information content (AvgIpc) is 2.30. The molecule has 1 aromatic carbocycles. The molecule has 1 N–H and O–H groups in total. The lowest BCUT2D eigenvalue weighted by molar-refractivity contribution is 0.683. The number of hydrogen-bond acceptors (Lipinski definition) is 3. The Hall–Kier alpha value is -1.64. The third-order valence-electron chi connectivity index (χ3n) is 3.58. The van der Waals surface area contributed by atoms with Crippen LogP contribution in [-0.2, 0) is 6.42 Å². The van der Waals surface area contributed by atoms with Gasteiger partial charge in [0.15, 0.2) is 0 Å². The minimum Gasteiger partial charge on any atom is -0.382 e. The highest BCUT2D eigenvalue weighted by Crippen LogP contribution is 2.30. The number of nitrogens with one attached hydrogen (secondary N) is 1. The molecule has 3 nitrogen and oxygen atoms in total. The minimum atomic E-state index is 0.555. The van der Waals surface area contributed by atoms with Crippen molar-refractivity contribution in [3.8, 4) is 0 Å². The second-order valence-corrected chi connectivity index (χ2v) is 4.94. The molecule has 3 rings (SSSR count). The lowest BCUT2D eigenvalue weighted by Crippen LogP contribution is -2.22. The molecule has 1 atom stereocenters. The van der Waals surface area contributed by atoms with Crippen molar-refractivity contribution in [2.45, 2.75) is 39.7 Å². The topological polar surface area (TPSA) is 37.8 Å². The van der Waals surface area contributed by atoms with Gasteiger partial charge in [-0.3, -0.25) is 0 Å². The molecule has 0 saturated carbocycles. The Kier molecular flexibility index (Phi) is 2.28. The first-order valence-corrected chi connectivity index (χ1v) is 6.18. The average molecular weight is 227 g/mol. The van der Waals surface area contributed by atoms with Gasteiger partial charge in [0.25, 0.3) is 0 Å². The Morgan fingerprint density at radius 3 is 2.76 bits per heavy atom. The monoisotopic (exact) mass is 227 g/mol. The SMILES string of the molecule is Cc1nc2ccc3c(c2nc1C)CCC(C)N3. The van der Waals surface area contributed by atoms with E-state index in [0.717, 1.165) is 28.8 Å². The fourth-order valence-electron chi connectivity index (χ4n) is 2.44. The molecule has 1 aliphatic heterocycles. The number of anilines is 1. The summed E-state index contributed by atoms with van der Waals surface area (Å²) in [4.78, 5) is 9.32. The van der Waals surface area contributed by atoms with Crippen molar-refractivity contribution in [1.82, 2.24) is 9.97 Å². The summed E-state index contributed by atoms with van der Waals surface area (Å²) in [5.74, 6) is 0. The maximum atomic E-state index is 4.71. The van der Waals surface area contributed by atoms with Crippen LogP contribution in [0.2, 0.25) is 0 Å². The number of benzene rings is 1. The molecule has 0 fully saturated rings. The molecule has 1 unspecified atom stereocenters. The Bertz CT molecular complexity index is 590. The first kappa shape index (κ1) is 10.5. The maximum Gasteiger partial charge on any atom is 0.0942 e. The van der Waals surface area contributed by atoms with Gasteiger partial charge in [-0.1, -0.05) is 0 Å². The first-order chi connectivity index (χ1) is 8.15. The summed E-state index contributed by atoms with van der Waals surface area (Å²) < 4.78 is 0. The summed E-state index contributed by atoms with van der Waals surface area (Å²) >= 11 is 0. The fourth-order valence-corrected chi connectivity index (χ4v) is 2.44. The fraction of sp³-hybridized carbons (Fsp3) is 0.429. The molecule has 0 saturated heterocycles. The van der Waals surface area contributed by atoms with Gasteiger partial charge in [-0.2, -0.15) is 0 Å². The molecule has 0 radical (unpaired) electrons. The summed E-state index contributed by atoms with van der Waals surface area (Å²) in [6.07, 6.45) is 2.26. The van der Waals surface area contributed by atoms with Gasteiger partial charge in [-0.15, -0.1) is 0 Å². The quantitative estimate of drug-likeness (QED) is 0.751. The number of rotatable bonds is 0. The molecule has 0 bridgehead atoms. The molecular formula is C14H17N3. The van der Waals surface area contributed by atoms with Crippen LogP contribution in [0.5, 0.6) is 0 Å². The van der Waals surface area contributed by atoms with Crippen molar-refractivity contribution in [1.29, 1.82) is 0 Å². The zero-order chi connectivity index (χ0) is 12.0. The van der Waals surface area contributed by atoms with E-state index in [1.54, 1.807) is 0 Å². The number of nitrogens with zero attached hydrogens (tertiary/aromatic N) is 2. The van der Waals surface area contributed by atoms with E-state index >= 15 is 0 Å². The second-order valence-electron chi connectivity index (χ2n) is 4.94. The molecule has 88 valence electrons. The lowest BCUT2D eigenvalue weighted by Gasteiger charge is -2.24. The zero-order valence-corrected chi connectivity index (χ0v) is 10.5. The molecule has 0 amide bonds. The molecule has 2 heterocycles. The highest BCUT2D eigenvalue weighted by atomic mass is 14.9.